The van der Waals surface area contributed by atoms with Gasteiger partial charge in [-0.25, -0.2) is 0 Å². The van der Waals surface area contributed by atoms with Gasteiger partial charge in [0.2, 0.25) is 0 Å². The molecular formula is C18H25F3N2O2. The number of hydrogen-bond acceptors (Lipinski definition) is 4. The van der Waals surface area contributed by atoms with E-state index in [1.165, 1.54) is 12.3 Å². The van der Waals surface area contributed by atoms with Crippen LogP contribution in [-0.2, 0) is 17.5 Å². The van der Waals surface area contributed by atoms with E-state index in [0.29, 0.717) is 26.2 Å². The molecule has 0 saturated carbocycles. The van der Waals surface area contributed by atoms with Crippen molar-refractivity contribution >= 4 is 0 Å². The monoisotopic (exact) mass is 358 g/mol. The largest absolute Gasteiger partial charge is 0.433 e. The van der Waals surface area contributed by atoms with E-state index in [2.05, 4.69) is 16.8 Å². The third-order valence-corrected chi connectivity index (χ3v) is 5.66. The smallest absolute Gasteiger partial charge is 0.389 e. The normalized spacial score (nSPS) is 29.7. The van der Waals surface area contributed by atoms with Crippen LogP contribution in [0.3, 0.4) is 0 Å². The SMILES string of the molecule is C[C@@H]1CN(Cc2ccc(C(F)(F)F)nc2)CC[C@@]1(O)C1CCOCC1. The fourth-order valence-corrected chi connectivity index (χ4v) is 4.11. The van der Waals surface area contributed by atoms with Gasteiger partial charge < -0.3 is 9.84 Å². The Morgan fingerprint density at radius 1 is 1.32 bits per heavy atom. The number of nitrogens with zero attached hydrogens (tertiary/aromatic N) is 2. The fraction of sp³-hybridized carbons (Fsp3) is 0.722. The van der Waals surface area contributed by atoms with Crippen molar-refractivity contribution < 1.29 is 23.0 Å². The number of hydrogen-bond donors (Lipinski definition) is 1. The number of piperidine rings is 1. The Labute approximate surface area is 146 Å². The van der Waals surface area contributed by atoms with E-state index in [-0.39, 0.29) is 11.8 Å². The first-order valence-corrected chi connectivity index (χ1v) is 8.83. The van der Waals surface area contributed by atoms with Crippen LogP contribution >= 0.6 is 0 Å². The summed E-state index contributed by atoms with van der Waals surface area (Å²) >= 11 is 0. The summed E-state index contributed by atoms with van der Waals surface area (Å²) in [5, 5.41) is 11.2. The molecular weight excluding hydrogens is 333 g/mol. The maximum atomic E-state index is 12.6. The van der Waals surface area contributed by atoms with Gasteiger partial charge >= 0.3 is 6.18 Å². The van der Waals surface area contributed by atoms with E-state index in [0.717, 1.165) is 37.6 Å². The first kappa shape index (κ1) is 18.6. The predicted octanol–water partition coefficient (Wildman–Crippen LogP) is 3.10. The molecule has 0 bridgehead atoms. The fourth-order valence-electron chi connectivity index (χ4n) is 4.11. The number of aromatic nitrogens is 1. The Morgan fingerprint density at radius 3 is 2.60 bits per heavy atom. The molecule has 2 aliphatic rings. The van der Waals surface area contributed by atoms with Gasteiger partial charge in [-0.05, 0) is 42.7 Å². The standard InChI is InChI=1S/C18H25F3N2O2/c1-13-11-23(7-6-17(13,24)15-4-8-25-9-5-15)12-14-2-3-16(22-10-14)18(19,20)21/h2-3,10,13,15,24H,4-9,11-12H2,1H3/t13-,17+/m1/s1. The Hall–Kier alpha value is -1.18. The molecule has 0 aliphatic carbocycles. The van der Waals surface area contributed by atoms with Crippen molar-refractivity contribution in [3.05, 3.63) is 29.6 Å². The van der Waals surface area contributed by atoms with E-state index in [1.807, 2.05) is 0 Å². The Morgan fingerprint density at radius 2 is 2.04 bits per heavy atom. The van der Waals surface area contributed by atoms with E-state index in [4.69, 9.17) is 4.74 Å². The van der Waals surface area contributed by atoms with Crippen molar-refractivity contribution in [2.75, 3.05) is 26.3 Å². The molecule has 7 heteroatoms. The van der Waals surface area contributed by atoms with Gasteiger partial charge in [0.05, 0.1) is 5.60 Å². The van der Waals surface area contributed by atoms with Crippen LogP contribution in [0.4, 0.5) is 13.2 Å². The van der Waals surface area contributed by atoms with Crippen molar-refractivity contribution in [3.63, 3.8) is 0 Å². The van der Waals surface area contributed by atoms with Crippen molar-refractivity contribution in [2.24, 2.45) is 11.8 Å². The highest BCUT2D eigenvalue weighted by Crippen LogP contribution is 2.39. The average Bonchev–Trinajstić information content (AvgIpc) is 2.59. The molecule has 25 heavy (non-hydrogen) atoms. The molecule has 3 heterocycles. The van der Waals surface area contributed by atoms with Crippen molar-refractivity contribution in [3.8, 4) is 0 Å². The molecule has 0 amide bonds. The van der Waals surface area contributed by atoms with E-state index < -0.39 is 17.5 Å². The quantitative estimate of drug-likeness (QED) is 0.902. The molecule has 3 rings (SSSR count). The average molecular weight is 358 g/mol. The molecule has 2 fully saturated rings. The molecule has 2 aliphatic heterocycles. The first-order chi connectivity index (χ1) is 11.8. The highest BCUT2D eigenvalue weighted by Gasteiger charge is 2.45. The molecule has 2 saturated heterocycles. The third-order valence-electron chi connectivity index (χ3n) is 5.66. The number of alkyl halides is 3. The number of halogens is 3. The van der Waals surface area contributed by atoms with Crippen LogP contribution in [-0.4, -0.2) is 46.9 Å². The lowest BCUT2D eigenvalue weighted by Gasteiger charge is -2.48. The highest BCUT2D eigenvalue weighted by atomic mass is 19.4. The van der Waals surface area contributed by atoms with Crippen LogP contribution < -0.4 is 0 Å². The van der Waals surface area contributed by atoms with Gasteiger partial charge in [0.1, 0.15) is 5.69 Å². The number of ether oxygens (including phenoxy) is 1. The van der Waals surface area contributed by atoms with E-state index in [9.17, 15) is 18.3 Å². The van der Waals surface area contributed by atoms with E-state index in [1.54, 1.807) is 0 Å². The van der Waals surface area contributed by atoms with Crippen LogP contribution in [0.15, 0.2) is 18.3 Å². The summed E-state index contributed by atoms with van der Waals surface area (Å²) in [5.41, 5.74) is -0.771. The zero-order valence-corrected chi connectivity index (χ0v) is 14.4. The Balaban J connectivity index is 1.59. The minimum absolute atomic E-state index is 0.117. The highest BCUT2D eigenvalue weighted by molar-refractivity contribution is 5.16. The van der Waals surface area contributed by atoms with Gasteiger partial charge in [-0.2, -0.15) is 13.2 Å². The second kappa shape index (κ2) is 7.21. The first-order valence-electron chi connectivity index (χ1n) is 8.83. The van der Waals surface area contributed by atoms with E-state index >= 15 is 0 Å². The molecule has 0 unspecified atom stereocenters. The lowest BCUT2D eigenvalue weighted by Crippen LogP contribution is -2.55. The molecule has 0 aromatic carbocycles. The van der Waals surface area contributed by atoms with Gasteiger partial charge in [0.25, 0.3) is 0 Å². The van der Waals surface area contributed by atoms with Crippen molar-refractivity contribution in [1.82, 2.24) is 9.88 Å². The molecule has 0 radical (unpaired) electrons. The minimum Gasteiger partial charge on any atom is -0.389 e. The lowest BCUT2D eigenvalue weighted by atomic mass is 9.70. The molecule has 140 valence electrons. The summed E-state index contributed by atoms with van der Waals surface area (Å²) in [4.78, 5) is 5.70. The predicted molar refractivity (Wildman–Crippen MR) is 86.8 cm³/mol. The second-order valence-electron chi connectivity index (χ2n) is 7.31. The molecule has 2 atom stereocenters. The number of pyridine rings is 1. The maximum absolute atomic E-state index is 12.6. The summed E-state index contributed by atoms with van der Waals surface area (Å²) in [6.45, 7) is 5.50. The second-order valence-corrected chi connectivity index (χ2v) is 7.31. The molecule has 0 spiro atoms. The lowest BCUT2D eigenvalue weighted by molar-refractivity contribution is -0.141. The third kappa shape index (κ3) is 4.15. The van der Waals surface area contributed by atoms with Crippen molar-refractivity contribution in [1.29, 1.82) is 0 Å². The summed E-state index contributed by atoms with van der Waals surface area (Å²) in [6.07, 6.45) is -0.634. The molecule has 1 N–H and O–H groups in total. The van der Waals surface area contributed by atoms with Crippen LogP contribution in [0, 0.1) is 11.8 Å². The molecule has 1 aromatic heterocycles. The van der Waals surface area contributed by atoms with Crippen LogP contribution in [0.2, 0.25) is 0 Å². The van der Waals surface area contributed by atoms with Gasteiger partial charge in [0, 0.05) is 39.0 Å². The summed E-state index contributed by atoms with van der Waals surface area (Å²) < 4.78 is 43.1. The van der Waals surface area contributed by atoms with Crippen LogP contribution in [0.1, 0.15) is 37.4 Å². The van der Waals surface area contributed by atoms with Gasteiger partial charge in [-0.3, -0.25) is 9.88 Å². The summed E-state index contributed by atoms with van der Waals surface area (Å²) in [6, 6.07) is 2.51. The number of rotatable bonds is 3. The topological polar surface area (TPSA) is 45.6 Å². The zero-order chi connectivity index (χ0) is 18.1. The Kier molecular flexibility index (Phi) is 5.37. The number of likely N-dealkylation sites (tertiary alicyclic amines) is 1. The summed E-state index contributed by atoms with van der Waals surface area (Å²) in [7, 11) is 0. The Bertz CT molecular complexity index is 573. The van der Waals surface area contributed by atoms with Gasteiger partial charge in [0.15, 0.2) is 0 Å². The van der Waals surface area contributed by atoms with Crippen molar-refractivity contribution in [2.45, 2.75) is 44.5 Å². The minimum atomic E-state index is -4.40. The summed E-state index contributed by atoms with van der Waals surface area (Å²) in [5.74, 6) is 0.387. The number of aliphatic hydroxyl groups is 1. The van der Waals surface area contributed by atoms with Gasteiger partial charge in [-0.15, -0.1) is 0 Å². The maximum Gasteiger partial charge on any atom is 0.433 e. The molecule has 4 nitrogen and oxygen atoms in total. The zero-order valence-electron chi connectivity index (χ0n) is 14.4. The van der Waals surface area contributed by atoms with Crippen LogP contribution in [0.5, 0.6) is 0 Å². The molecule has 1 aromatic rings. The van der Waals surface area contributed by atoms with Crippen LogP contribution in [0.25, 0.3) is 0 Å². The van der Waals surface area contributed by atoms with Gasteiger partial charge in [-0.1, -0.05) is 13.0 Å².